The molecule has 12 heavy (non-hydrogen) atoms. The number of hydrogen-bond donors (Lipinski definition) is 0. The van der Waals surface area contributed by atoms with Gasteiger partial charge in [-0.05, 0) is 5.92 Å². The van der Waals surface area contributed by atoms with Crippen LogP contribution in [0.25, 0.3) is 0 Å². The van der Waals surface area contributed by atoms with Crippen molar-refractivity contribution in [1.82, 2.24) is 0 Å². The van der Waals surface area contributed by atoms with Gasteiger partial charge in [0.15, 0.2) is 0 Å². The summed E-state index contributed by atoms with van der Waals surface area (Å²) in [7, 11) is 0. The van der Waals surface area contributed by atoms with E-state index < -0.39 is 0 Å². The third-order valence-electron chi connectivity index (χ3n) is 2.10. The number of unbranched alkanes of at least 4 members (excludes halogenated alkanes) is 2. The third-order valence-corrected chi connectivity index (χ3v) is 2.10. The number of hydrogen-bond acceptors (Lipinski definition) is 0. The molecule has 0 heterocycles. The van der Waals surface area contributed by atoms with Gasteiger partial charge in [0.05, 0.1) is 0 Å². The molecule has 1 fully saturated rings. The van der Waals surface area contributed by atoms with Gasteiger partial charge in [0, 0.05) is 0 Å². The molecule has 0 radical (unpaired) electrons. The molecule has 0 amide bonds. The zero-order chi connectivity index (χ0) is 7.82. The van der Waals surface area contributed by atoms with E-state index in [2.05, 4.69) is 20.8 Å². The molecule has 78 valence electrons. The lowest BCUT2D eigenvalue weighted by atomic mass is 9.88. The van der Waals surface area contributed by atoms with E-state index in [1.807, 2.05) is 0 Å². The Morgan fingerprint density at radius 1 is 1.00 bits per heavy atom. The second-order valence-electron chi connectivity index (χ2n) is 3.39. The first kappa shape index (κ1) is 17.9. The summed E-state index contributed by atoms with van der Waals surface area (Å²) < 4.78 is 0. The highest BCUT2D eigenvalue weighted by Gasteiger charge is 2.09. The molecular formula is C12H30. The van der Waals surface area contributed by atoms with E-state index in [0.717, 1.165) is 5.92 Å². The molecule has 0 nitrogen and oxygen atoms in total. The van der Waals surface area contributed by atoms with Gasteiger partial charge in [-0.25, -0.2) is 0 Å². The van der Waals surface area contributed by atoms with E-state index in [1.165, 1.54) is 38.5 Å². The molecule has 0 atom stereocenters. The summed E-state index contributed by atoms with van der Waals surface area (Å²) in [6, 6.07) is 0. The van der Waals surface area contributed by atoms with Crippen LogP contribution in [0.4, 0.5) is 0 Å². The Bertz CT molecular complexity index is 51.1. The zero-order valence-electron chi connectivity index (χ0n) is 7.82. The topological polar surface area (TPSA) is 0 Å². The minimum absolute atomic E-state index is 0. The first-order chi connectivity index (χ1) is 4.81. The van der Waals surface area contributed by atoms with E-state index in [9.17, 15) is 0 Å². The second kappa shape index (κ2) is 13.6. The Hall–Kier alpha value is 0. The molecule has 0 N–H and O–H groups in total. The van der Waals surface area contributed by atoms with E-state index in [4.69, 9.17) is 0 Å². The van der Waals surface area contributed by atoms with Crippen LogP contribution in [-0.4, -0.2) is 0 Å². The predicted molar refractivity (Wildman–Crippen MR) is 61.7 cm³/mol. The minimum Gasteiger partial charge on any atom is -0.0776 e. The van der Waals surface area contributed by atoms with E-state index in [1.54, 1.807) is 0 Å². The Morgan fingerprint density at radius 2 is 1.33 bits per heavy atom. The molecule has 0 heteroatoms. The van der Waals surface area contributed by atoms with Crippen LogP contribution < -0.4 is 0 Å². The maximum absolute atomic E-state index is 2.31. The van der Waals surface area contributed by atoms with Crippen molar-refractivity contribution in [3.63, 3.8) is 0 Å². The normalized spacial score (nSPS) is 14.2. The summed E-state index contributed by atoms with van der Waals surface area (Å²) in [5, 5.41) is 0. The molecule has 1 aliphatic rings. The van der Waals surface area contributed by atoms with Gasteiger partial charge in [-0.1, -0.05) is 74.1 Å². The van der Waals surface area contributed by atoms with Crippen molar-refractivity contribution in [2.24, 2.45) is 5.92 Å². The van der Waals surface area contributed by atoms with Crippen molar-refractivity contribution in [1.29, 1.82) is 0 Å². The molecule has 1 rings (SSSR count). The summed E-state index contributed by atoms with van der Waals surface area (Å²) in [6.07, 6.45) is 8.54. The Kier molecular flexibility index (Phi) is 20.3. The van der Waals surface area contributed by atoms with Crippen molar-refractivity contribution in [2.45, 2.75) is 74.1 Å². The zero-order valence-corrected chi connectivity index (χ0v) is 7.82. The van der Waals surface area contributed by atoms with E-state index in [0.29, 0.717) is 0 Å². The first-order valence-electron chi connectivity index (χ1n) is 4.81. The van der Waals surface area contributed by atoms with E-state index in [-0.39, 0.29) is 14.9 Å². The molecule has 1 saturated carbocycles. The predicted octanol–water partition coefficient (Wildman–Crippen LogP) is 5.28. The van der Waals surface area contributed by atoms with Crippen LogP contribution in [0, 0.1) is 5.92 Å². The van der Waals surface area contributed by atoms with Crippen molar-refractivity contribution < 1.29 is 0 Å². The molecular weight excluding hydrogens is 144 g/mol. The number of rotatable bonds is 2. The average molecular weight is 174 g/mol. The van der Waals surface area contributed by atoms with Gasteiger partial charge in [-0.15, -0.1) is 0 Å². The summed E-state index contributed by atoms with van der Waals surface area (Å²) in [4.78, 5) is 0. The largest absolute Gasteiger partial charge is 0.0776 e. The Morgan fingerprint density at radius 3 is 1.33 bits per heavy atom. The molecule has 0 spiro atoms. The van der Waals surface area contributed by atoms with Gasteiger partial charge in [0.2, 0.25) is 0 Å². The molecule has 0 saturated heterocycles. The van der Waals surface area contributed by atoms with Crippen molar-refractivity contribution >= 4 is 0 Å². The summed E-state index contributed by atoms with van der Waals surface area (Å²) in [5.41, 5.74) is 0. The van der Waals surface area contributed by atoms with Gasteiger partial charge in [0.25, 0.3) is 0 Å². The van der Waals surface area contributed by atoms with Crippen LogP contribution in [0.5, 0.6) is 0 Å². The summed E-state index contributed by atoms with van der Waals surface area (Å²) in [6.45, 7) is 6.73. The molecule has 0 aromatic rings. The quantitative estimate of drug-likeness (QED) is 0.534. The fourth-order valence-electron chi connectivity index (χ4n) is 0.966. The maximum atomic E-state index is 2.31. The van der Waals surface area contributed by atoms with Crippen molar-refractivity contribution in [3.8, 4) is 0 Å². The summed E-state index contributed by atoms with van der Waals surface area (Å²) in [5.74, 6) is 1.06. The van der Waals surface area contributed by atoms with Crippen LogP contribution >= 0.6 is 0 Å². The smallest absolute Gasteiger partial charge is 0.0443 e. The standard InChI is InChI=1S/C5H10.C5H12.2CH4/c1-5-3-2-4-5;1-3-5-4-2;;/h5H,2-4H2,1H3;3-5H2,1-2H3;2*1H4. The lowest BCUT2D eigenvalue weighted by Gasteiger charge is -2.18. The second-order valence-corrected chi connectivity index (χ2v) is 3.39. The van der Waals surface area contributed by atoms with Crippen molar-refractivity contribution in [3.05, 3.63) is 0 Å². The highest BCUT2D eigenvalue weighted by molar-refractivity contribution is 4.62. The van der Waals surface area contributed by atoms with Crippen LogP contribution in [0.1, 0.15) is 74.1 Å². The maximum Gasteiger partial charge on any atom is -0.0443 e. The van der Waals surface area contributed by atoms with Crippen LogP contribution in [0.15, 0.2) is 0 Å². The summed E-state index contributed by atoms with van der Waals surface area (Å²) >= 11 is 0. The first-order valence-corrected chi connectivity index (χ1v) is 4.81. The lowest BCUT2D eigenvalue weighted by molar-refractivity contribution is 0.346. The fourth-order valence-corrected chi connectivity index (χ4v) is 0.966. The average Bonchev–Trinajstić information content (AvgIpc) is 1.87. The third kappa shape index (κ3) is 12.7. The highest BCUT2D eigenvalue weighted by atomic mass is 14.1. The lowest BCUT2D eigenvalue weighted by Crippen LogP contribution is -2.04. The van der Waals surface area contributed by atoms with Gasteiger partial charge >= 0.3 is 0 Å². The SMILES string of the molecule is C.C.CC1CCC1.CCCCC. The highest BCUT2D eigenvalue weighted by Crippen LogP contribution is 2.24. The minimum atomic E-state index is 0. The Labute approximate surface area is 80.8 Å². The fraction of sp³-hybridized carbons (Fsp3) is 1.00. The van der Waals surface area contributed by atoms with Gasteiger partial charge in [0.1, 0.15) is 0 Å². The molecule has 0 bridgehead atoms. The van der Waals surface area contributed by atoms with Crippen LogP contribution in [0.2, 0.25) is 0 Å². The van der Waals surface area contributed by atoms with E-state index >= 15 is 0 Å². The van der Waals surface area contributed by atoms with Crippen molar-refractivity contribution in [2.75, 3.05) is 0 Å². The van der Waals surface area contributed by atoms with Gasteiger partial charge in [-0.2, -0.15) is 0 Å². The molecule has 0 aliphatic heterocycles. The monoisotopic (exact) mass is 174 g/mol. The van der Waals surface area contributed by atoms with Crippen LogP contribution in [0.3, 0.4) is 0 Å². The Balaban J connectivity index is -0.000000116. The molecule has 0 unspecified atom stereocenters. The van der Waals surface area contributed by atoms with Crippen LogP contribution in [-0.2, 0) is 0 Å². The van der Waals surface area contributed by atoms with Gasteiger partial charge < -0.3 is 0 Å². The molecule has 0 aromatic heterocycles. The van der Waals surface area contributed by atoms with Gasteiger partial charge in [-0.3, -0.25) is 0 Å². The molecule has 1 aliphatic carbocycles. The molecule has 0 aromatic carbocycles.